The monoisotopic (exact) mass is 537 g/mol. The molecule has 0 saturated carbocycles. The molecule has 9 nitrogen and oxygen atoms in total. The predicted molar refractivity (Wildman–Crippen MR) is 144 cm³/mol. The molecule has 2 aromatic rings. The number of fused-ring (bicyclic) bond motifs is 1. The van der Waals surface area contributed by atoms with Crippen molar-refractivity contribution in [3.05, 3.63) is 64.2 Å². The minimum Gasteiger partial charge on any atom is -0.493 e. The molecule has 11 heteroatoms. The number of hydrazone groups is 1. The normalized spacial score (nSPS) is 18.2. The number of carbonyl (C=O) groups excluding carboxylic acids is 2. The number of hydrogen-bond donors (Lipinski definition) is 1. The third-order valence-corrected chi connectivity index (χ3v) is 7.37. The molecule has 0 aliphatic carbocycles. The van der Waals surface area contributed by atoms with Crippen LogP contribution in [0.4, 0.5) is 0 Å². The SMILES string of the molecule is COc1cc(/C=C2/C(=N)N3N=C(CC(=O)N4CCCC4)SC3=NC2=O)ccc1OCc1ccccc1Cl. The van der Waals surface area contributed by atoms with Crippen molar-refractivity contribution in [3.63, 3.8) is 0 Å². The van der Waals surface area contributed by atoms with Crippen LogP contribution in [0.15, 0.2) is 58.1 Å². The van der Waals surface area contributed by atoms with E-state index in [0.29, 0.717) is 27.1 Å². The molecule has 1 saturated heterocycles. The Morgan fingerprint density at radius 1 is 1.19 bits per heavy atom. The van der Waals surface area contributed by atoms with E-state index in [1.54, 1.807) is 30.3 Å². The summed E-state index contributed by atoms with van der Waals surface area (Å²) >= 11 is 7.37. The molecular formula is C26H24ClN5O4S. The van der Waals surface area contributed by atoms with Gasteiger partial charge in [0.2, 0.25) is 11.1 Å². The van der Waals surface area contributed by atoms with Crippen molar-refractivity contribution < 1.29 is 19.1 Å². The third-order valence-electron chi connectivity index (χ3n) is 6.10. The first-order valence-electron chi connectivity index (χ1n) is 11.7. The van der Waals surface area contributed by atoms with Gasteiger partial charge < -0.3 is 14.4 Å². The summed E-state index contributed by atoms with van der Waals surface area (Å²) in [5.41, 5.74) is 1.57. The molecular weight excluding hydrogens is 514 g/mol. The lowest BCUT2D eigenvalue weighted by atomic mass is 10.1. The van der Waals surface area contributed by atoms with E-state index in [2.05, 4.69) is 10.1 Å². The minimum atomic E-state index is -0.538. The van der Waals surface area contributed by atoms with Gasteiger partial charge in [-0.1, -0.05) is 35.9 Å². The molecule has 3 heterocycles. The molecule has 2 aromatic carbocycles. The largest absolute Gasteiger partial charge is 0.493 e. The van der Waals surface area contributed by atoms with E-state index >= 15 is 0 Å². The Labute approximate surface area is 223 Å². The van der Waals surface area contributed by atoms with Gasteiger partial charge in [-0.25, -0.2) is 0 Å². The van der Waals surface area contributed by atoms with Crippen molar-refractivity contribution in [1.82, 2.24) is 9.91 Å². The highest BCUT2D eigenvalue weighted by Crippen LogP contribution is 2.33. The van der Waals surface area contributed by atoms with Gasteiger partial charge in [0.15, 0.2) is 17.3 Å². The fourth-order valence-electron chi connectivity index (χ4n) is 4.14. The van der Waals surface area contributed by atoms with Gasteiger partial charge in [0, 0.05) is 23.7 Å². The smallest absolute Gasteiger partial charge is 0.283 e. The number of nitrogens with one attached hydrogen (secondary N) is 1. The van der Waals surface area contributed by atoms with Gasteiger partial charge in [-0.2, -0.15) is 15.1 Å². The number of halogens is 1. The van der Waals surface area contributed by atoms with E-state index in [1.165, 1.54) is 12.1 Å². The Balaban J connectivity index is 1.31. The van der Waals surface area contributed by atoms with Crippen LogP contribution in [-0.2, 0) is 16.2 Å². The summed E-state index contributed by atoms with van der Waals surface area (Å²) in [5.74, 6) is 0.357. The number of hydrogen-bond acceptors (Lipinski definition) is 7. The lowest BCUT2D eigenvalue weighted by Crippen LogP contribution is -2.35. The van der Waals surface area contributed by atoms with Gasteiger partial charge in [-0.05, 0) is 54.4 Å². The molecule has 0 aromatic heterocycles. The van der Waals surface area contributed by atoms with Gasteiger partial charge in [0.1, 0.15) is 11.7 Å². The van der Waals surface area contributed by atoms with Crippen molar-refractivity contribution in [2.75, 3.05) is 20.2 Å². The number of likely N-dealkylation sites (tertiary alicyclic amines) is 1. The number of aliphatic imine (C=N–C) groups is 1. The molecule has 37 heavy (non-hydrogen) atoms. The first-order chi connectivity index (χ1) is 17.9. The Kier molecular flexibility index (Phi) is 7.29. The number of thioether (sulfide) groups is 1. The third kappa shape index (κ3) is 5.40. The zero-order valence-corrected chi connectivity index (χ0v) is 21.6. The average molecular weight is 538 g/mol. The summed E-state index contributed by atoms with van der Waals surface area (Å²) in [6.45, 7) is 1.79. The summed E-state index contributed by atoms with van der Waals surface area (Å²) in [6, 6.07) is 12.6. The molecule has 0 atom stereocenters. The van der Waals surface area contributed by atoms with Gasteiger partial charge in [0.05, 0.1) is 19.1 Å². The van der Waals surface area contributed by atoms with E-state index in [4.69, 9.17) is 26.5 Å². The van der Waals surface area contributed by atoms with Crippen molar-refractivity contribution >= 4 is 57.3 Å². The minimum absolute atomic E-state index is 0.00163. The van der Waals surface area contributed by atoms with Gasteiger partial charge in [0.25, 0.3) is 5.91 Å². The predicted octanol–water partition coefficient (Wildman–Crippen LogP) is 4.56. The highest BCUT2D eigenvalue weighted by molar-refractivity contribution is 8.27. The maximum atomic E-state index is 12.8. The quantitative estimate of drug-likeness (QED) is 0.519. The maximum Gasteiger partial charge on any atom is 0.283 e. The molecule has 1 fully saturated rings. The second-order valence-electron chi connectivity index (χ2n) is 8.57. The van der Waals surface area contributed by atoms with Gasteiger partial charge in [-0.15, -0.1) is 0 Å². The maximum absolute atomic E-state index is 12.8. The molecule has 0 radical (unpaired) electrons. The van der Waals surface area contributed by atoms with Gasteiger partial charge >= 0.3 is 0 Å². The molecule has 0 spiro atoms. The number of amides is 2. The summed E-state index contributed by atoms with van der Waals surface area (Å²) < 4.78 is 11.4. The van der Waals surface area contributed by atoms with E-state index in [1.807, 2.05) is 23.1 Å². The topological polar surface area (TPSA) is 108 Å². The lowest BCUT2D eigenvalue weighted by Gasteiger charge is -2.20. The second kappa shape index (κ2) is 10.8. The molecule has 2 amide bonds. The van der Waals surface area contributed by atoms with E-state index in [-0.39, 0.29) is 35.5 Å². The average Bonchev–Trinajstić information content (AvgIpc) is 3.57. The zero-order chi connectivity index (χ0) is 25.9. The van der Waals surface area contributed by atoms with Crippen LogP contribution in [0.3, 0.4) is 0 Å². The van der Waals surface area contributed by atoms with E-state index < -0.39 is 5.91 Å². The first kappa shape index (κ1) is 25.0. The van der Waals surface area contributed by atoms with Crippen LogP contribution in [0.2, 0.25) is 5.02 Å². The molecule has 0 unspecified atom stereocenters. The summed E-state index contributed by atoms with van der Waals surface area (Å²) in [7, 11) is 1.53. The van der Waals surface area contributed by atoms with Crippen LogP contribution in [0.5, 0.6) is 11.5 Å². The van der Waals surface area contributed by atoms with Gasteiger partial charge in [-0.3, -0.25) is 15.0 Å². The summed E-state index contributed by atoms with van der Waals surface area (Å²) in [6.07, 6.45) is 3.72. The van der Waals surface area contributed by atoms with E-state index in [9.17, 15) is 9.59 Å². The molecule has 3 aliphatic rings. The van der Waals surface area contributed by atoms with Crippen LogP contribution >= 0.6 is 23.4 Å². The Bertz CT molecular complexity index is 1370. The number of methoxy groups -OCH3 is 1. The molecule has 190 valence electrons. The molecule has 1 N–H and O–H groups in total. The number of benzene rings is 2. The Morgan fingerprint density at radius 2 is 1.97 bits per heavy atom. The molecule has 3 aliphatic heterocycles. The number of rotatable bonds is 7. The van der Waals surface area contributed by atoms with Crippen molar-refractivity contribution in [2.24, 2.45) is 10.1 Å². The van der Waals surface area contributed by atoms with Crippen LogP contribution in [-0.4, -0.2) is 58.0 Å². The zero-order valence-electron chi connectivity index (χ0n) is 20.1. The number of ether oxygens (including phenoxy) is 2. The lowest BCUT2D eigenvalue weighted by molar-refractivity contribution is -0.128. The molecule has 5 rings (SSSR count). The first-order valence-corrected chi connectivity index (χ1v) is 12.9. The fourth-order valence-corrected chi connectivity index (χ4v) is 5.21. The van der Waals surface area contributed by atoms with Crippen LogP contribution < -0.4 is 9.47 Å². The number of carbonyl (C=O) groups is 2. The fraction of sp³-hybridized carbons (Fsp3) is 0.269. The van der Waals surface area contributed by atoms with Crippen molar-refractivity contribution in [3.8, 4) is 11.5 Å². The van der Waals surface area contributed by atoms with Crippen molar-refractivity contribution in [2.45, 2.75) is 25.9 Å². The number of nitrogens with zero attached hydrogens (tertiary/aromatic N) is 4. The standard InChI is InChI=1S/C26H24ClN5O4S/c1-35-21-13-16(8-9-20(21)36-15-17-6-2-3-7-19(17)27)12-18-24(28)32-26(29-25(18)34)37-22(30-32)14-23(33)31-10-4-5-11-31/h2-3,6-9,12-13,28H,4-5,10-11,14-15H2,1H3/b18-12-,28-24?. The Morgan fingerprint density at radius 3 is 2.73 bits per heavy atom. The second-order valence-corrected chi connectivity index (χ2v) is 10.0. The summed E-state index contributed by atoms with van der Waals surface area (Å²) in [5, 5.41) is 15.7. The van der Waals surface area contributed by atoms with Crippen LogP contribution in [0.25, 0.3) is 6.08 Å². The summed E-state index contributed by atoms with van der Waals surface area (Å²) in [4.78, 5) is 31.2. The number of amidine groups is 2. The van der Waals surface area contributed by atoms with E-state index in [0.717, 1.165) is 43.3 Å². The highest BCUT2D eigenvalue weighted by Gasteiger charge is 2.36. The Hall–Kier alpha value is -3.63. The van der Waals surface area contributed by atoms with Crippen LogP contribution in [0.1, 0.15) is 30.4 Å². The highest BCUT2D eigenvalue weighted by atomic mass is 35.5. The van der Waals surface area contributed by atoms with Crippen molar-refractivity contribution in [1.29, 1.82) is 5.41 Å². The molecule has 0 bridgehead atoms. The van der Waals surface area contributed by atoms with Crippen LogP contribution in [0, 0.1) is 5.41 Å².